The summed E-state index contributed by atoms with van der Waals surface area (Å²) in [5.41, 5.74) is 14.3. The van der Waals surface area contributed by atoms with E-state index in [4.69, 9.17) is 9.97 Å². The van der Waals surface area contributed by atoms with Crippen LogP contribution in [0.15, 0.2) is 182 Å². The number of nitrogens with zero attached hydrogens (tertiary/aromatic N) is 4. The first kappa shape index (κ1) is 31.0. The minimum atomic E-state index is -0.191. The third-order valence-electron chi connectivity index (χ3n) is 10.8. The minimum Gasteiger partial charge on any atom is -0.310 e. The van der Waals surface area contributed by atoms with E-state index in [1.54, 1.807) is 0 Å². The smallest absolute Gasteiger partial charge is 0.160 e. The number of hydrogen-bond acceptors (Lipinski definition) is 3. The van der Waals surface area contributed by atoms with Crippen LogP contribution in [0.3, 0.4) is 0 Å². The molecular weight excluding hydrogens is 645 g/mol. The summed E-state index contributed by atoms with van der Waals surface area (Å²) in [5.74, 6) is 0.701. The Kier molecular flexibility index (Phi) is 7.12. The Labute approximate surface area is 309 Å². The van der Waals surface area contributed by atoms with E-state index < -0.39 is 0 Å². The lowest BCUT2D eigenvalue weighted by Crippen LogP contribution is -2.30. The molecule has 9 aromatic rings. The van der Waals surface area contributed by atoms with Gasteiger partial charge in [-0.1, -0.05) is 129 Å². The van der Waals surface area contributed by atoms with E-state index in [9.17, 15) is 0 Å². The van der Waals surface area contributed by atoms with Gasteiger partial charge in [0.05, 0.1) is 33.8 Å². The predicted molar refractivity (Wildman–Crippen MR) is 219 cm³/mol. The number of para-hydroxylation sites is 3. The Hall–Kier alpha value is -6.78. The summed E-state index contributed by atoms with van der Waals surface area (Å²) in [6.45, 7) is 4.71. The number of fused-ring (bicyclic) bond motifs is 5. The monoisotopic (exact) mass is 680 g/mol. The van der Waals surface area contributed by atoms with Crippen LogP contribution in [0.4, 0.5) is 17.1 Å². The molecule has 0 fully saturated rings. The van der Waals surface area contributed by atoms with Crippen molar-refractivity contribution < 1.29 is 0 Å². The van der Waals surface area contributed by atoms with Crippen LogP contribution in [-0.4, -0.2) is 14.5 Å². The highest BCUT2D eigenvalue weighted by Gasteiger charge is 2.37. The number of rotatable bonds is 5. The van der Waals surface area contributed by atoms with E-state index in [2.05, 4.69) is 193 Å². The van der Waals surface area contributed by atoms with Gasteiger partial charge in [0.1, 0.15) is 0 Å². The second kappa shape index (κ2) is 12.2. The van der Waals surface area contributed by atoms with E-state index in [0.29, 0.717) is 5.82 Å². The zero-order valence-electron chi connectivity index (χ0n) is 29.6. The molecule has 0 atom stereocenters. The Balaban J connectivity index is 1.15. The Bertz CT molecular complexity index is 2730. The number of aromatic nitrogens is 3. The van der Waals surface area contributed by atoms with Crippen LogP contribution in [-0.2, 0) is 5.41 Å². The van der Waals surface area contributed by atoms with Crippen molar-refractivity contribution in [3.63, 3.8) is 0 Å². The highest BCUT2D eigenvalue weighted by molar-refractivity contribution is 6.11. The Morgan fingerprint density at radius 1 is 0.415 bits per heavy atom. The average Bonchev–Trinajstić information content (AvgIpc) is 3.55. The molecule has 252 valence electrons. The molecule has 1 aliphatic rings. The number of anilines is 3. The van der Waals surface area contributed by atoms with E-state index in [1.165, 1.54) is 44.3 Å². The first-order valence-corrected chi connectivity index (χ1v) is 18.2. The zero-order valence-corrected chi connectivity index (χ0v) is 29.6. The summed E-state index contributed by atoms with van der Waals surface area (Å²) < 4.78 is 2.40. The van der Waals surface area contributed by atoms with Crippen molar-refractivity contribution in [2.24, 2.45) is 0 Å². The number of benzene rings is 7. The van der Waals surface area contributed by atoms with Gasteiger partial charge in [-0.05, 0) is 77.9 Å². The van der Waals surface area contributed by atoms with Crippen LogP contribution >= 0.6 is 0 Å². The molecule has 4 heteroatoms. The normalized spacial score (nSPS) is 13.2. The molecule has 10 rings (SSSR count). The van der Waals surface area contributed by atoms with Gasteiger partial charge >= 0.3 is 0 Å². The maximum atomic E-state index is 5.09. The lowest BCUT2D eigenvalue weighted by atomic mass is 9.73. The minimum absolute atomic E-state index is 0.191. The molecule has 2 aromatic heterocycles. The highest BCUT2D eigenvalue weighted by Crippen LogP contribution is 2.53. The maximum Gasteiger partial charge on any atom is 0.160 e. The molecule has 3 heterocycles. The van der Waals surface area contributed by atoms with Crippen LogP contribution < -0.4 is 4.90 Å². The molecule has 0 bridgehead atoms. The summed E-state index contributed by atoms with van der Waals surface area (Å²) in [4.78, 5) is 12.6. The molecule has 0 saturated heterocycles. The summed E-state index contributed by atoms with van der Waals surface area (Å²) in [6.07, 6.45) is 0. The predicted octanol–water partition coefficient (Wildman–Crippen LogP) is 12.7. The van der Waals surface area contributed by atoms with Gasteiger partial charge in [-0.2, -0.15) is 0 Å². The highest BCUT2D eigenvalue weighted by atomic mass is 15.2. The van der Waals surface area contributed by atoms with Crippen molar-refractivity contribution in [1.29, 1.82) is 0 Å². The molecule has 4 nitrogen and oxygen atoms in total. The van der Waals surface area contributed by atoms with E-state index >= 15 is 0 Å². The number of hydrogen-bond donors (Lipinski definition) is 0. The maximum absolute atomic E-state index is 5.09. The van der Waals surface area contributed by atoms with Crippen molar-refractivity contribution in [3.05, 3.63) is 193 Å². The standard InChI is InChI=1S/C49H36N4/c1-49(2)40-23-13-15-25-45(40)53(36-20-10-5-11-21-36)47-32-46-39(30-41(47)49)38-22-12-14-24-44(38)52(46)37-28-26-35(27-29-37)48-50-42(33-16-6-3-7-17-33)31-43(51-48)34-18-8-4-9-19-34/h3-32H,1-2H3. The molecule has 0 saturated carbocycles. The molecule has 0 unspecified atom stereocenters. The van der Waals surface area contributed by atoms with Gasteiger partial charge in [0, 0.05) is 44.3 Å². The van der Waals surface area contributed by atoms with E-state index in [-0.39, 0.29) is 5.41 Å². The van der Waals surface area contributed by atoms with Gasteiger partial charge in [-0.3, -0.25) is 0 Å². The quantitative estimate of drug-likeness (QED) is 0.181. The van der Waals surface area contributed by atoms with Crippen molar-refractivity contribution in [2.75, 3.05) is 4.90 Å². The largest absolute Gasteiger partial charge is 0.310 e. The first-order valence-electron chi connectivity index (χ1n) is 18.2. The van der Waals surface area contributed by atoms with Gasteiger partial charge in [-0.15, -0.1) is 0 Å². The fraction of sp³-hybridized carbons (Fsp3) is 0.0612. The van der Waals surface area contributed by atoms with Gasteiger partial charge in [-0.25, -0.2) is 9.97 Å². The molecule has 0 N–H and O–H groups in total. The summed E-state index contributed by atoms with van der Waals surface area (Å²) in [6, 6.07) is 64.7. The Morgan fingerprint density at radius 3 is 1.68 bits per heavy atom. The summed E-state index contributed by atoms with van der Waals surface area (Å²) in [7, 11) is 0. The summed E-state index contributed by atoms with van der Waals surface area (Å²) in [5, 5.41) is 2.48. The molecule has 7 aromatic carbocycles. The van der Waals surface area contributed by atoms with Crippen LogP contribution in [0, 0.1) is 0 Å². The van der Waals surface area contributed by atoms with Crippen LogP contribution in [0.25, 0.3) is 61.4 Å². The lowest BCUT2D eigenvalue weighted by Gasteiger charge is -2.42. The van der Waals surface area contributed by atoms with Gasteiger partial charge in [0.25, 0.3) is 0 Å². The van der Waals surface area contributed by atoms with Crippen molar-refractivity contribution in [2.45, 2.75) is 19.3 Å². The molecule has 1 aliphatic heterocycles. The molecule has 0 spiro atoms. The van der Waals surface area contributed by atoms with Gasteiger partial charge in [0.2, 0.25) is 0 Å². The summed E-state index contributed by atoms with van der Waals surface area (Å²) >= 11 is 0. The van der Waals surface area contributed by atoms with Crippen molar-refractivity contribution in [1.82, 2.24) is 14.5 Å². The molecule has 53 heavy (non-hydrogen) atoms. The van der Waals surface area contributed by atoms with Crippen LogP contribution in [0.5, 0.6) is 0 Å². The Morgan fingerprint density at radius 2 is 1.00 bits per heavy atom. The zero-order chi connectivity index (χ0) is 35.5. The van der Waals surface area contributed by atoms with Crippen LogP contribution in [0.1, 0.15) is 25.0 Å². The van der Waals surface area contributed by atoms with Crippen molar-refractivity contribution in [3.8, 4) is 39.6 Å². The second-order valence-corrected chi connectivity index (χ2v) is 14.3. The SMILES string of the molecule is CC1(C)c2ccccc2N(c2ccccc2)c2cc3c(cc21)c1ccccc1n3-c1ccc(-c2nc(-c3ccccc3)cc(-c3ccccc3)n2)cc1. The molecule has 0 aliphatic carbocycles. The lowest BCUT2D eigenvalue weighted by molar-refractivity contribution is 0.633. The van der Waals surface area contributed by atoms with E-state index in [1.807, 2.05) is 12.1 Å². The second-order valence-electron chi connectivity index (χ2n) is 14.3. The third-order valence-corrected chi connectivity index (χ3v) is 10.8. The van der Waals surface area contributed by atoms with E-state index in [0.717, 1.165) is 39.5 Å². The fourth-order valence-corrected chi connectivity index (χ4v) is 8.14. The average molecular weight is 681 g/mol. The van der Waals surface area contributed by atoms with Gasteiger partial charge < -0.3 is 9.47 Å². The topological polar surface area (TPSA) is 34.0 Å². The molecule has 0 amide bonds. The molecule has 0 radical (unpaired) electrons. The van der Waals surface area contributed by atoms with Crippen LogP contribution in [0.2, 0.25) is 0 Å². The fourth-order valence-electron chi connectivity index (χ4n) is 8.14. The molecular formula is C49H36N4. The first-order chi connectivity index (χ1) is 26.0. The van der Waals surface area contributed by atoms with Crippen molar-refractivity contribution >= 4 is 38.9 Å². The van der Waals surface area contributed by atoms with Gasteiger partial charge in [0.15, 0.2) is 5.82 Å². The third kappa shape index (κ3) is 5.06.